The summed E-state index contributed by atoms with van der Waals surface area (Å²) < 4.78 is 28.1. The molecule has 1 heterocycles. The lowest BCUT2D eigenvalue weighted by Gasteiger charge is -2.16. The summed E-state index contributed by atoms with van der Waals surface area (Å²) >= 11 is 0. The van der Waals surface area contributed by atoms with Crippen LogP contribution in [0.3, 0.4) is 0 Å². The van der Waals surface area contributed by atoms with E-state index in [0.717, 1.165) is 12.0 Å². The number of primary sulfonamides is 1. The molecule has 0 spiro atoms. The number of hydrogen-bond acceptors (Lipinski definition) is 6. The summed E-state index contributed by atoms with van der Waals surface area (Å²) in [7, 11) is -3.72. The number of nitrogens with one attached hydrogen (secondary N) is 1. The van der Waals surface area contributed by atoms with Gasteiger partial charge in [0.2, 0.25) is 15.9 Å². The monoisotopic (exact) mass is 431 g/mol. The molecule has 0 aromatic heterocycles. The number of ether oxygens (including phenoxy) is 1. The third kappa shape index (κ3) is 5.24. The van der Waals surface area contributed by atoms with Crippen LogP contribution in [0.15, 0.2) is 53.4 Å². The quantitative estimate of drug-likeness (QED) is 0.582. The third-order valence-electron chi connectivity index (χ3n) is 4.77. The Morgan fingerprint density at radius 2 is 1.77 bits per heavy atom. The van der Waals surface area contributed by atoms with Crippen molar-refractivity contribution in [1.29, 1.82) is 0 Å². The summed E-state index contributed by atoms with van der Waals surface area (Å²) in [6.07, 6.45) is 1.57. The molecule has 2 aromatic carbocycles. The zero-order valence-corrected chi connectivity index (χ0v) is 17.5. The van der Waals surface area contributed by atoms with Gasteiger partial charge in [-0.05, 0) is 61.3 Å². The normalized spacial score (nSPS) is 16.9. The highest BCUT2D eigenvalue weighted by Crippen LogP contribution is 2.25. The van der Waals surface area contributed by atoms with Crippen molar-refractivity contribution in [2.45, 2.75) is 37.1 Å². The molecule has 1 aliphatic heterocycles. The lowest BCUT2D eigenvalue weighted by atomic mass is 10.1. The minimum Gasteiger partial charge on any atom is -0.494 e. The lowest BCUT2D eigenvalue weighted by molar-refractivity contribution is -0.121. The average molecular weight is 432 g/mol. The van der Waals surface area contributed by atoms with Gasteiger partial charge in [0.1, 0.15) is 5.75 Å². The van der Waals surface area contributed by atoms with Crippen LogP contribution < -0.4 is 20.1 Å². The Morgan fingerprint density at radius 3 is 2.37 bits per heavy atom. The molecular weight excluding hydrogens is 406 g/mol. The van der Waals surface area contributed by atoms with Crippen molar-refractivity contribution in [3.63, 3.8) is 0 Å². The van der Waals surface area contributed by atoms with E-state index in [-0.39, 0.29) is 23.1 Å². The van der Waals surface area contributed by atoms with Gasteiger partial charge in [-0.15, -0.1) is 0 Å². The number of anilines is 1. The van der Waals surface area contributed by atoms with Crippen LogP contribution in [0.1, 0.15) is 25.3 Å². The van der Waals surface area contributed by atoms with Crippen LogP contribution >= 0.6 is 0 Å². The molecule has 8 nitrogen and oxygen atoms in total. The number of rotatable bonds is 9. The van der Waals surface area contributed by atoms with Gasteiger partial charge in [-0.1, -0.05) is 19.1 Å². The Kier molecular flexibility index (Phi) is 6.86. The first-order valence-electron chi connectivity index (χ1n) is 9.74. The molecule has 0 saturated carbocycles. The maximum atomic E-state index is 12.7. The first-order valence-corrected chi connectivity index (χ1v) is 11.3. The van der Waals surface area contributed by atoms with Crippen molar-refractivity contribution < 1.29 is 22.7 Å². The Morgan fingerprint density at radius 1 is 1.10 bits per heavy atom. The molecule has 3 rings (SSSR count). The molecule has 2 aromatic rings. The van der Waals surface area contributed by atoms with E-state index in [1.807, 2.05) is 6.92 Å². The number of nitrogens with two attached hydrogens (primary N) is 1. The number of benzene rings is 2. The van der Waals surface area contributed by atoms with E-state index >= 15 is 0 Å². The summed E-state index contributed by atoms with van der Waals surface area (Å²) in [5, 5.41) is 8.20. The Balaban J connectivity index is 1.56. The second-order valence-corrected chi connectivity index (χ2v) is 8.62. The zero-order chi connectivity index (χ0) is 21.7. The minimum absolute atomic E-state index is 0.0533. The smallest absolute Gasteiger partial charge is 0.251 e. The van der Waals surface area contributed by atoms with Crippen molar-refractivity contribution in [3.05, 3.63) is 54.1 Å². The highest BCUT2D eigenvalue weighted by Gasteiger charge is 2.39. The molecule has 0 unspecified atom stereocenters. The molecule has 1 fully saturated rings. The number of imide groups is 1. The van der Waals surface area contributed by atoms with Crippen molar-refractivity contribution in [2.75, 3.05) is 18.1 Å². The molecule has 30 heavy (non-hydrogen) atoms. The molecule has 0 bridgehead atoms. The maximum Gasteiger partial charge on any atom is 0.251 e. The maximum absolute atomic E-state index is 12.7. The number of carbonyl (C=O) groups is 2. The molecule has 3 N–H and O–H groups in total. The van der Waals surface area contributed by atoms with Crippen molar-refractivity contribution in [2.24, 2.45) is 5.14 Å². The van der Waals surface area contributed by atoms with E-state index in [9.17, 15) is 18.0 Å². The molecule has 1 saturated heterocycles. The van der Waals surface area contributed by atoms with Gasteiger partial charge in [0.05, 0.1) is 29.7 Å². The Labute approximate surface area is 176 Å². The average Bonchev–Trinajstić information content (AvgIpc) is 3.00. The second-order valence-electron chi connectivity index (χ2n) is 7.06. The van der Waals surface area contributed by atoms with E-state index in [1.54, 1.807) is 36.4 Å². The Hall–Kier alpha value is -2.75. The van der Waals surface area contributed by atoms with Crippen LogP contribution in [0, 0.1) is 0 Å². The SMILES string of the molecule is CCCOc1ccc(N2C(=O)C[C@H](NCCc3ccc(S(N)(=O)=O)cc3)C2=O)cc1. The fourth-order valence-corrected chi connectivity index (χ4v) is 3.73. The number of carbonyl (C=O) groups excluding carboxylic acids is 2. The van der Waals surface area contributed by atoms with Crippen LogP contribution in [0.25, 0.3) is 0 Å². The first kappa shape index (κ1) is 21.9. The Bertz CT molecular complexity index is 1000. The fraction of sp³-hybridized carbons (Fsp3) is 0.333. The predicted octanol–water partition coefficient (Wildman–Crippen LogP) is 1.59. The highest BCUT2D eigenvalue weighted by molar-refractivity contribution is 7.89. The standard InChI is InChI=1S/C21H25N3O5S/c1-2-13-29-17-7-5-16(6-8-17)24-20(25)14-19(21(24)26)23-12-11-15-3-9-18(10-4-15)30(22,27)28/h3-10,19,23H,2,11-14H2,1H3,(H2,22,27,28)/t19-/m0/s1. The van der Waals surface area contributed by atoms with Gasteiger partial charge in [0.25, 0.3) is 5.91 Å². The number of hydrogen-bond donors (Lipinski definition) is 2. The van der Waals surface area contributed by atoms with Gasteiger partial charge in [-0.3, -0.25) is 9.59 Å². The van der Waals surface area contributed by atoms with Crippen molar-refractivity contribution in [3.8, 4) is 5.75 Å². The van der Waals surface area contributed by atoms with E-state index in [4.69, 9.17) is 9.88 Å². The lowest BCUT2D eigenvalue weighted by Crippen LogP contribution is -2.39. The van der Waals surface area contributed by atoms with E-state index in [1.165, 1.54) is 17.0 Å². The first-order chi connectivity index (χ1) is 14.3. The van der Waals surface area contributed by atoms with Gasteiger partial charge in [0.15, 0.2) is 0 Å². The second kappa shape index (κ2) is 9.38. The molecular formula is C21H25N3O5S. The predicted molar refractivity (Wildman–Crippen MR) is 113 cm³/mol. The minimum atomic E-state index is -3.72. The van der Waals surface area contributed by atoms with Gasteiger partial charge in [-0.2, -0.15) is 0 Å². The summed E-state index contributed by atoms with van der Waals surface area (Å²) in [6, 6.07) is 12.6. The zero-order valence-electron chi connectivity index (χ0n) is 16.7. The van der Waals surface area contributed by atoms with Crippen LogP contribution in [-0.4, -0.2) is 39.4 Å². The molecule has 0 aliphatic carbocycles. The van der Waals surface area contributed by atoms with Crippen molar-refractivity contribution in [1.82, 2.24) is 5.32 Å². The van der Waals surface area contributed by atoms with Crippen LogP contribution in [0.5, 0.6) is 5.75 Å². The summed E-state index contributed by atoms with van der Waals surface area (Å²) in [6.45, 7) is 3.09. The summed E-state index contributed by atoms with van der Waals surface area (Å²) in [5.41, 5.74) is 1.42. The van der Waals surface area contributed by atoms with Gasteiger partial charge < -0.3 is 10.1 Å². The van der Waals surface area contributed by atoms with Crippen LogP contribution in [0.2, 0.25) is 0 Å². The molecule has 9 heteroatoms. The molecule has 160 valence electrons. The topological polar surface area (TPSA) is 119 Å². The summed E-state index contributed by atoms with van der Waals surface area (Å²) in [4.78, 5) is 26.3. The molecule has 2 amide bonds. The van der Waals surface area contributed by atoms with Gasteiger partial charge in [0, 0.05) is 0 Å². The van der Waals surface area contributed by atoms with E-state index in [0.29, 0.717) is 31.0 Å². The molecule has 0 radical (unpaired) electrons. The third-order valence-corrected chi connectivity index (χ3v) is 5.70. The van der Waals surface area contributed by atoms with E-state index < -0.39 is 16.1 Å². The van der Waals surface area contributed by atoms with E-state index in [2.05, 4.69) is 5.32 Å². The molecule has 1 aliphatic rings. The molecule has 1 atom stereocenters. The van der Waals surface area contributed by atoms with Gasteiger partial charge >= 0.3 is 0 Å². The van der Waals surface area contributed by atoms with Gasteiger partial charge in [-0.25, -0.2) is 18.5 Å². The number of sulfonamides is 1. The number of nitrogens with zero attached hydrogens (tertiary/aromatic N) is 1. The largest absolute Gasteiger partial charge is 0.494 e. The highest BCUT2D eigenvalue weighted by atomic mass is 32.2. The number of amides is 2. The fourth-order valence-electron chi connectivity index (χ4n) is 3.21. The summed E-state index contributed by atoms with van der Waals surface area (Å²) in [5.74, 6) is 0.159. The van der Waals surface area contributed by atoms with Crippen LogP contribution in [0.4, 0.5) is 5.69 Å². The van der Waals surface area contributed by atoms with Crippen molar-refractivity contribution >= 4 is 27.5 Å². The van der Waals surface area contributed by atoms with Crippen LogP contribution in [-0.2, 0) is 26.0 Å².